The molecule has 0 saturated heterocycles. The van der Waals surface area contributed by atoms with Gasteiger partial charge in [0.1, 0.15) is 5.75 Å². The first-order valence-electron chi connectivity index (χ1n) is 11.1. The molecule has 0 amide bonds. The second kappa shape index (κ2) is 11.3. The lowest BCUT2D eigenvalue weighted by Gasteiger charge is -2.08. The highest BCUT2D eigenvalue weighted by Crippen LogP contribution is 2.47. The van der Waals surface area contributed by atoms with Crippen molar-refractivity contribution >= 4 is 38.8 Å². The summed E-state index contributed by atoms with van der Waals surface area (Å²) < 4.78 is 5.85. The molecule has 4 rings (SSSR count). The minimum atomic E-state index is 0.383. The zero-order chi connectivity index (χ0) is 21.3. The van der Waals surface area contributed by atoms with E-state index in [2.05, 4.69) is 40.8 Å². The Morgan fingerprint density at radius 1 is 1.06 bits per heavy atom. The van der Waals surface area contributed by atoms with Gasteiger partial charge in [-0.1, -0.05) is 44.7 Å². The molecule has 0 aliphatic carbocycles. The molecule has 0 radical (unpaired) electrons. The highest BCUT2D eigenvalue weighted by Gasteiger charge is 2.23. The molecule has 4 nitrogen and oxygen atoms in total. The second-order valence-corrected chi connectivity index (χ2v) is 9.72. The van der Waals surface area contributed by atoms with Crippen molar-refractivity contribution in [3.05, 3.63) is 71.5 Å². The molecule has 0 fully saturated rings. The first-order valence-corrected chi connectivity index (χ1v) is 12.8. The Hall–Kier alpha value is -2.31. The van der Waals surface area contributed by atoms with Gasteiger partial charge in [0.15, 0.2) is 5.13 Å². The van der Waals surface area contributed by atoms with Gasteiger partial charge in [0.05, 0.1) is 23.2 Å². The van der Waals surface area contributed by atoms with Crippen molar-refractivity contribution in [2.45, 2.75) is 50.7 Å². The van der Waals surface area contributed by atoms with Gasteiger partial charge in [0.2, 0.25) is 0 Å². The second-order valence-electron chi connectivity index (χ2n) is 7.62. The summed E-state index contributed by atoms with van der Waals surface area (Å²) in [6.07, 6.45) is 11.4. The molecule has 1 N–H and O–H groups in total. The molecule has 3 heterocycles. The molecule has 31 heavy (non-hydrogen) atoms. The van der Waals surface area contributed by atoms with E-state index in [1.807, 2.05) is 48.3 Å². The first kappa shape index (κ1) is 21.9. The normalized spacial score (nSPS) is 15.6. The number of ether oxygens (including phenoxy) is 1. The van der Waals surface area contributed by atoms with Crippen molar-refractivity contribution in [1.29, 1.82) is 0 Å². The maximum atomic E-state index is 5.85. The first-order chi connectivity index (χ1) is 15.3. The van der Waals surface area contributed by atoms with Crippen LogP contribution in [0.15, 0.2) is 60.1 Å². The van der Waals surface area contributed by atoms with Crippen LogP contribution in [0.1, 0.15) is 62.1 Å². The number of thioether (sulfide) groups is 1. The summed E-state index contributed by atoms with van der Waals surface area (Å²) in [5.41, 5.74) is 3.20. The van der Waals surface area contributed by atoms with Crippen molar-refractivity contribution in [1.82, 2.24) is 9.97 Å². The van der Waals surface area contributed by atoms with E-state index in [-0.39, 0.29) is 0 Å². The lowest BCUT2D eigenvalue weighted by Crippen LogP contribution is -1.97. The van der Waals surface area contributed by atoms with Crippen molar-refractivity contribution in [3.63, 3.8) is 0 Å². The third-order valence-electron chi connectivity index (χ3n) is 5.18. The molecule has 1 atom stereocenters. The maximum absolute atomic E-state index is 5.85. The summed E-state index contributed by atoms with van der Waals surface area (Å²) >= 11 is 3.48. The quantitative estimate of drug-likeness (QED) is 0.301. The number of nitrogens with one attached hydrogen (secondary N) is 1. The van der Waals surface area contributed by atoms with Crippen molar-refractivity contribution in [3.8, 4) is 5.75 Å². The molecule has 1 aromatic carbocycles. The van der Waals surface area contributed by atoms with Gasteiger partial charge < -0.3 is 10.1 Å². The van der Waals surface area contributed by atoms with Gasteiger partial charge in [-0.25, -0.2) is 4.98 Å². The number of nitrogens with zero attached hydrogens (tertiary/aromatic N) is 2. The van der Waals surface area contributed by atoms with Gasteiger partial charge in [-0.2, -0.15) is 0 Å². The van der Waals surface area contributed by atoms with Crippen LogP contribution in [0.5, 0.6) is 5.75 Å². The van der Waals surface area contributed by atoms with Crippen LogP contribution in [0.25, 0.3) is 4.91 Å². The van der Waals surface area contributed by atoms with Gasteiger partial charge in [0.25, 0.3) is 0 Å². The highest BCUT2D eigenvalue weighted by molar-refractivity contribution is 8.08. The average Bonchev–Trinajstić information content (AvgIpc) is 3.48. The number of aromatic nitrogens is 2. The Kier molecular flexibility index (Phi) is 8.02. The Balaban J connectivity index is 1.25. The Bertz CT molecular complexity index is 970. The molecule has 2 aromatic heterocycles. The lowest BCUT2D eigenvalue weighted by molar-refractivity contribution is 0.304. The molecule has 6 heteroatoms. The van der Waals surface area contributed by atoms with E-state index in [0.29, 0.717) is 5.25 Å². The number of benzene rings is 1. The van der Waals surface area contributed by atoms with Crippen LogP contribution in [0.2, 0.25) is 0 Å². The van der Waals surface area contributed by atoms with Crippen molar-refractivity contribution in [2.24, 2.45) is 0 Å². The summed E-state index contributed by atoms with van der Waals surface area (Å²) in [7, 11) is 0. The van der Waals surface area contributed by atoms with E-state index in [1.165, 1.54) is 30.6 Å². The smallest absolute Gasteiger partial charge is 0.187 e. The minimum Gasteiger partial charge on any atom is -0.494 e. The fourth-order valence-corrected chi connectivity index (χ4v) is 5.46. The van der Waals surface area contributed by atoms with Gasteiger partial charge >= 0.3 is 0 Å². The fraction of sp³-hybridized carbons (Fsp3) is 0.360. The summed E-state index contributed by atoms with van der Waals surface area (Å²) in [5.74, 6) is 0.925. The van der Waals surface area contributed by atoms with Crippen LogP contribution < -0.4 is 10.1 Å². The summed E-state index contributed by atoms with van der Waals surface area (Å²) in [6.45, 7) is 3.03. The zero-order valence-electron chi connectivity index (χ0n) is 17.9. The third kappa shape index (κ3) is 6.34. The SMILES string of the molecule is CCCCCCCOc1ccc(Nc2nc(C3=CCC(c4ccccn4)S3)cs2)cc1. The van der Waals surface area contributed by atoms with Crippen LogP contribution in [0.3, 0.4) is 0 Å². The standard InChI is InChI=1S/C25H29N3OS2/c1-2-3-4-5-8-17-29-20-12-10-19(11-13-20)27-25-28-22(18-30-25)24-15-14-23(31-24)21-9-6-7-16-26-21/h6-7,9-13,15-16,18,23H,2-5,8,14,17H2,1H3,(H,27,28). The number of allylic oxidation sites excluding steroid dienone is 1. The number of anilines is 2. The molecule has 0 saturated carbocycles. The summed E-state index contributed by atoms with van der Waals surface area (Å²) in [5, 5.41) is 6.82. The lowest BCUT2D eigenvalue weighted by atomic mass is 10.2. The van der Waals surface area contributed by atoms with Gasteiger partial charge in [0, 0.05) is 22.2 Å². The van der Waals surface area contributed by atoms with Gasteiger partial charge in [-0.05, 0) is 49.2 Å². The van der Waals surface area contributed by atoms with E-state index < -0.39 is 0 Å². The van der Waals surface area contributed by atoms with Crippen molar-refractivity contribution < 1.29 is 4.74 Å². The van der Waals surface area contributed by atoms with Gasteiger partial charge in [-0.3, -0.25) is 4.98 Å². The molecular formula is C25H29N3OS2. The number of unbranched alkanes of at least 4 members (excludes halogenated alkanes) is 4. The Morgan fingerprint density at radius 2 is 1.94 bits per heavy atom. The monoisotopic (exact) mass is 451 g/mol. The average molecular weight is 452 g/mol. The van der Waals surface area contributed by atoms with E-state index in [9.17, 15) is 0 Å². The van der Waals surface area contributed by atoms with Crippen LogP contribution in [0, 0.1) is 0 Å². The molecular weight excluding hydrogens is 422 g/mol. The fourth-order valence-electron chi connectivity index (χ4n) is 3.47. The van der Waals surface area contributed by atoms with Crippen LogP contribution >= 0.6 is 23.1 Å². The van der Waals surface area contributed by atoms with E-state index in [4.69, 9.17) is 9.72 Å². The molecule has 1 unspecified atom stereocenters. The maximum Gasteiger partial charge on any atom is 0.187 e. The number of hydrogen-bond donors (Lipinski definition) is 1. The molecule has 162 valence electrons. The summed E-state index contributed by atoms with van der Waals surface area (Å²) in [4.78, 5) is 10.5. The predicted molar refractivity (Wildman–Crippen MR) is 133 cm³/mol. The largest absolute Gasteiger partial charge is 0.494 e. The Morgan fingerprint density at radius 3 is 2.74 bits per heavy atom. The third-order valence-corrected chi connectivity index (χ3v) is 7.29. The van der Waals surface area contributed by atoms with E-state index in [1.54, 1.807) is 11.3 Å². The van der Waals surface area contributed by atoms with Gasteiger partial charge in [-0.15, -0.1) is 23.1 Å². The van der Waals surface area contributed by atoms with Crippen molar-refractivity contribution in [2.75, 3.05) is 11.9 Å². The highest BCUT2D eigenvalue weighted by atomic mass is 32.2. The van der Waals surface area contributed by atoms with E-state index >= 15 is 0 Å². The molecule has 0 bridgehead atoms. The van der Waals surface area contributed by atoms with Crippen LogP contribution in [-0.4, -0.2) is 16.6 Å². The molecule has 1 aliphatic heterocycles. The molecule has 1 aliphatic rings. The molecule has 0 spiro atoms. The zero-order valence-corrected chi connectivity index (χ0v) is 19.6. The number of thiazole rings is 1. The molecule has 3 aromatic rings. The summed E-state index contributed by atoms with van der Waals surface area (Å²) in [6, 6.07) is 14.3. The van der Waals surface area contributed by atoms with Crippen LogP contribution in [0.4, 0.5) is 10.8 Å². The number of rotatable bonds is 11. The predicted octanol–water partition coefficient (Wildman–Crippen LogP) is 7.85. The minimum absolute atomic E-state index is 0.383. The topological polar surface area (TPSA) is 47.0 Å². The number of hydrogen-bond acceptors (Lipinski definition) is 6. The van der Waals surface area contributed by atoms with Crippen LogP contribution in [-0.2, 0) is 0 Å². The Labute approximate surface area is 193 Å². The number of pyridine rings is 1. The van der Waals surface area contributed by atoms with E-state index in [0.717, 1.165) is 47.4 Å².